The van der Waals surface area contributed by atoms with Crippen LogP contribution < -0.4 is 11.1 Å². The van der Waals surface area contributed by atoms with Gasteiger partial charge in [-0.3, -0.25) is 19.4 Å². The monoisotopic (exact) mass is 638 g/mol. The minimum atomic E-state index is -0.737. The Kier molecular flexibility index (Phi) is 6.88. The smallest absolute Gasteiger partial charge is 0.275 e. The second kappa shape index (κ2) is 9.84. The fourth-order valence-electron chi connectivity index (χ4n) is 9.43. The summed E-state index contributed by atoms with van der Waals surface area (Å²) in [4.78, 5) is 25.8. The van der Waals surface area contributed by atoms with Crippen molar-refractivity contribution in [2.75, 3.05) is 0 Å². The van der Waals surface area contributed by atoms with Gasteiger partial charge in [0, 0.05) is 46.8 Å². The van der Waals surface area contributed by atoms with Crippen LogP contribution in [0.15, 0.2) is 46.0 Å². The van der Waals surface area contributed by atoms with E-state index >= 15 is 0 Å². The van der Waals surface area contributed by atoms with Crippen molar-refractivity contribution in [1.29, 1.82) is 0 Å². The standard InChI is InChI=1S/C18H20F2N2O.C17H18F2N2O.CH4/c1-17(2)11-7-8-18(17,3)15-14(11)16(23)22(21(15)4)13-6-5-10(19)9-12(13)20;1-16(2)10-6-7-17(16,3)14-13(10)15(22)21(20-14)12-5-4-9(18)8-11(12)19;/h5-6,9,11H,7-8H2,1-4H3;4-5,8,10,20H,6-7H2,1-3H3;1H4/t11-,18+;10-,17+;/m00./s1. The fraction of sp³-hybridized carbons (Fsp3) is 0.500. The molecule has 0 radical (unpaired) electrons. The summed E-state index contributed by atoms with van der Waals surface area (Å²) in [6.07, 6.45) is 4.02. The number of nitrogens with zero attached hydrogens (tertiary/aromatic N) is 3. The van der Waals surface area contributed by atoms with E-state index in [0.717, 1.165) is 66.4 Å². The Bertz CT molecular complexity index is 2030. The molecular weight excluding hydrogens is 596 g/mol. The first-order valence-electron chi connectivity index (χ1n) is 15.6. The molecule has 2 heterocycles. The molecule has 2 fully saturated rings. The molecule has 0 saturated heterocycles. The molecule has 1 N–H and O–H groups in total. The van der Waals surface area contributed by atoms with Gasteiger partial charge in [-0.05, 0) is 72.6 Å². The molecule has 6 nitrogen and oxygen atoms in total. The largest absolute Gasteiger partial charge is 0.294 e. The second-order valence-electron chi connectivity index (χ2n) is 14.9. The molecule has 4 aromatic rings. The van der Waals surface area contributed by atoms with Crippen molar-refractivity contribution in [3.05, 3.63) is 103 Å². The number of hydrogen-bond acceptors (Lipinski definition) is 2. The lowest BCUT2D eigenvalue weighted by Crippen LogP contribution is -2.35. The van der Waals surface area contributed by atoms with Gasteiger partial charge in [0.1, 0.15) is 23.0 Å². The number of H-pyrrole nitrogens is 1. The van der Waals surface area contributed by atoms with Crippen LogP contribution in [0.25, 0.3) is 11.4 Å². The van der Waals surface area contributed by atoms with E-state index in [1.165, 1.54) is 27.6 Å². The van der Waals surface area contributed by atoms with Crippen molar-refractivity contribution in [3.63, 3.8) is 0 Å². The highest BCUT2D eigenvalue weighted by Gasteiger charge is 2.63. The summed E-state index contributed by atoms with van der Waals surface area (Å²) in [7, 11) is 1.80. The zero-order valence-electron chi connectivity index (χ0n) is 26.6. The molecule has 4 aliphatic rings. The Morgan fingerprint density at radius 2 is 1.22 bits per heavy atom. The molecule has 0 spiro atoms. The van der Waals surface area contributed by atoms with Gasteiger partial charge in [-0.2, -0.15) is 0 Å². The van der Waals surface area contributed by atoms with Gasteiger partial charge in [-0.1, -0.05) is 49.0 Å². The SMILES string of the molecule is C.CC1(C)[C@H]2CC[C@]1(C)c1[nH]n(-c3ccc(F)cc3F)c(=O)c12.Cn1c2c(c(=O)n1-c1ccc(F)cc1F)[C@@H]1CC[C@@]2(C)C1(C)C. The number of hydrogen-bond donors (Lipinski definition) is 1. The van der Waals surface area contributed by atoms with Gasteiger partial charge in [0.25, 0.3) is 11.1 Å². The lowest BCUT2D eigenvalue weighted by Gasteiger charge is -2.36. The van der Waals surface area contributed by atoms with E-state index in [-0.39, 0.29) is 63.4 Å². The van der Waals surface area contributed by atoms with Crippen LogP contribution >= 0.6 is 0 Å². The molecule has 246 valence electrons. The van der Waals surface area contributed by atoms with Gasteiger partial charge in [0.2, 0.25) is 0 Å². The van der Waals surface area contributed by atoms with Crippen LogP contribution in [0.2, 0.25) is 0 Å². The molecule has 2 saturated carbocycles. The Labute approximate surface area is 266 Å². The number of benzene rings is 2. The van der Waals surface area contributed by atoms with E-state index in [2.05, 4.69) is 46.6 Å². The third-order valence-electron chi connectivity index (χ3n) is 12.7. The van der Waals surface area contributed by atoms with Crippen molar-refractivity contribution < 1.29 is 17.6 Å². The zero-order valence-corrected chi connectivity index (χ0v) is 26.6. The molecule has 10 heteroatoms. The summed E-state index contributed by atoms with van der Waals surface area (Å²) in [5, 5.41) is 3.11. The summed E-state index contributed by atoms with van der Waals surface area (Å²) in [5.41, 5.74) is 3.17. The lowest BCUT2D eigenvalue weighted by atomic mass is 9.70. The number of aromatic nitrogens is 4. The first-order chi connectivity index (χ1) is 21.0. The van der Waals surface area contributed by atoms with Gasteiger partial charge in [0.15, 0.2) is 11.6 Å². The number of halogens is 4. The predicted molar refractivity (Wildman–Crippen MR) is 170 cm³/mol. The van der Waals surface area contributed by atoms with Crippen molar-refractivity contribution >= 4 is 0 Å². The summed E-state index contributed by atoms with van der Waals surface area (Å²) in [5.74, 6) is -2.36. The van der Waals surface area contributed by atoms with Crippen molar-refractivity contribution in [2.24, 2.45) is 17.9 Å². The summed E-state index contributed by atoms with van der Waals surface area (Å²) >= 11 is 0. The van der Waals surface area contributed by atoms with Gasteiger partial charge in [0.05, 0.1) is 5.69 Å². The van der Waals surface area contributed by atoms with Gasteiger partial charge in [-0.25, -0.2) is 26.9 Å². The van der Waals surface area contributed by atoms with Crippen molar-refractivity contribution in [3.8, 4) is 11.4 Å². The molecule has 2 aromatic heterocycles. The third-order valence-corrected chi connectivity index (χ3v) is 12.7. The zero-order chi connectivity index (χ0) is 32.6. The second-order valence-corrected chi connectivity index (χ2v) is 14.9. The highest BCUT2D eigenvalue weighted by Crippen LogP contribution is 2.67. The van der Waals surface area contributed by atoms with E-state index in [4.69, 9.17) is 0 Å². The summed E-state index contributed by atoms with van der Waals surface area (Å²) in [6, 6.07) is 6.60. The molecule has 0 aliphatic heterocycles. The normalized spacial score (nSPS) is 27.2. The minimum Gasteiger partial charge on any atom is -0.294 e. The average Bonchev–Trinajstić information content (AvgIpc) is 3.66. The first kappa shape index (κ1) is 32.1. The minimum absolute atomic E-state index is 0. The first-order valence-corrected chi connectivity index (χ1v) is 15.6. The Balaban J connectivity index is 0.000000158. The maximum absolute atomic E-state index is 14.2. The highest BCUT2D eigenvalue weighted by atomic mass is 19.1. The predicted octanol–water partition coefficient (Wildman–Crippen LogP) is 7.88. The van der Waals surface area contributed by atoms with Gasteiger partial charge >= 0.3 is 0 Å². The maximum Gasteiger partial charge on any atom is 0.275 e. The van der Waals surface area contributed by atoms with E-state index in [9.17, 15) is 27.2 Å². The number of rotatable bonds is 2. The topological polar surface area (TPSA) is 64.7 Å². The molecule has 8 rings (SSSR count). The molecule has 46 heavy (non-hydrogen) atoms. The van der Waals surface area contributed by atoms with E-state index in [1.807, 2.05) is 0 Å². The molecule has 0 unspecified atom stereocenters. The van der Waals surface area contributed by atoms with E-state index in [0.29, 0.717) is 0 Å². The van der Waals surface area contributed by atoms with Gasteiger partial charge in [-0.15, -0.1) is 0 Å². The van der Waals surface area contributed by atoms with Crippen LogP contribution in [-0.4, -0.2) is 19.1 Å². The third kappa shape index (κ3) is 3.75. The van der Waals surface area contributed by atoms with Crippen LogP contribution in [-0.2, 0) is 17.9 Å². The molecule has 0 amide bonds. The highest BCUT2D eigenvalue weighted by molar-refractivity contribution is 5.48. The molecule has 4 bridgehead atoms. The van der Waals surface area contributed by atoms with Crippen LogP contribution in [0, 0.1) is 34.1 Å². The quantitative estimate of drug-likeness (QED) is 0.227. The van der Waals surface area contributed by atoms with Crippen LogP contribution in [0.3, 0.4) is 0 Å². The van der Waals surface area contributed by atoms with Crippen LogP contribution in [0.1, 0.15) is 109 Å². The lowest BCUT2D eigenvalue weighted by molar-refractivity contribution is 0.217. The molecule has 4 aliphatic carbocycles. The molecule has 4 atom stereocenters. The Morgan fingerprint density at radius 3 is 1.74 bits per heavy atom. The van der Waals surface area contributed by atoms with E-state index < -0.39 is 23.3 Å². The Hall–Kier alpha value is -3.82. The molecular formula is C36H42F4N4O2. The van der Waals surface area contributed by atoms with Crippen molar-refractivity contribution in [1.82, 2.24) is 19.1 Å². The van der Waals surface area contributed by atoms with Crippen LogP contribution in [0.5, 0.6) is 0 Å². The number of nitrogens with one attached hydrogen (secondary N) is 1. The van der Waals surface area contributed by atoms with E-state index in [1.54, 1.807) is 11.7 Å². The van der Waals surface area contributed by atoms with Crippen molar-refractivity contribution in [2.45, 2.75) is 97.3 Å². The van der Waals surface area contributed by atoms with Gasteiger partial charge < -0.3 is 0 Å². The summed E-state index contributed by atoms with van der Waals surface area (Å²) < 4.78 is 58.8. The number of aromatic amines is 1. The Morgan fingerprint density at radius 1 is 0.717 bits per heavy atom. The maximum atomic E-state index is 14.2. The fourth-order valence-corrected chi connectivity index (χ4v) is 9.43. The summed E-state index contributed by atoms with van der Waals surface area (Å²) in [6.45, 7) is 13.2. The molecule has 2 aromatic carbocycles. The number of fused-ring (bicyclic) bond motifs is 10. The van der Waals surface area contributed by atoms with Crippen LogP contribution in [0.4, 0.5) is 17.6 Å². The average molecular weight is 639 g/mol.